The number of esters is 1. The molecular weight excluding hydrogens is 422 g/mol. The SMILES string of the molecule is CCOC(=O)c1sc2ncn(Cc3csc(-c4cccc(OC)c4)n3)c(=O)c2c1C. The Morgan fingerprint density at radius 3 is 2.90 bits per heavy atom. The predicted molar refractivity (Wildman–Crippen MR) is 118 cm³/mol. The summed E-state index contributed by atoms with van der Waals surface area (Å²) in [6.07, 6.45) is 1.50. The molecule has 0 amide bonds. The Morgan fingerprint density at radius 1 is 1.30 bits per heavy atom. The van der Waals surface area contributed by atoms with E-state index in [-0.39, 0.29) is 12.2 Å². The molecule has 0 saturated heterocycles. The van der Waals surface area contributed by atoms with Crippen LogP contribution >= 0.6 is 22.7 Å². The molecule has 0 unspecified atom stereocenters. The van der Waals surface area contributed by atoms with Gasteiger partial charge in [0.05, 0.1) is 37.7 Å². The highest BCUT2D eigenvalue weighted by atomic mass is 32.1. The van der Waals surface area contributed by atoms with Crippen LogP contribution in [0, 0.1) is 6.92 Å². The molecule has 0 aliphatic heterocycles. The molecule has 3 aromatic heterocycles. The largest absolute Gasteiger partial charge is 0.497 e. The zero-order chi connectivity index (χ0) is 21.3. The number of fused-ring (bicyclic) bond motifs is 1. The second-order valence-corrected chi connectivity index (χ2v) is 8.37. The van der Waals surface area contributed by atoms with E-state index in [2.05, 4.69) is 9.97 Å². The molecule has 4 aromatic rings. The third kappa shape index (κ3) is 3.73. The van der Waals surface area contributed by atoms with Gasteiger partial charge in [-0.25, -0.2) is 14.8 Å². The fourth-order valence-electron chi connectivity index (χ4n) is 3.11. The van der Waals surface area contributed by atoms with Gasteiger partial charge in [-0.1, -0.05) is 12.1 Å². The Balaban J connectivity index is 1.65. The van der Waals surface area contributed by atoms with Gasteiger partial charge >= 0.3 is 5.97 Å². The number of hydrogen-bond donors (Lipinski definition) is 0. The molecule has 3 heterocycles. The number of carbonyl (C=O) groups is 1. The van der Waals surface area contributed by atoms with Crippen LogP contribution in [-0.2, 0) is 11.3 Å². The number of benzene rings is 1. The molecule has 4 rings (SSSR count). The number of rotatable bonds is 6. The number of carbonyl (C=O) groups excluding carboxylic acids is 1. The van der Waals surface area contributed by atoms with E-state index in [0.29, 0.717) is 27.2 Å². The molecule has 30 heavy (non-hydrogen) atoms. The predicted octanol–water partition coefficient (Wildman–Crippen LogP) is 4.12. The first-order valence-electron chi connectivity index (χ1n) is 9.26. The number of thiophene rings is 1. The number of methoxy groups -OCH3 is 1. The summed E-state index contributed by atoms with van der Waals surface area (Å²) in [6, 6.07) is 7.69. The van der Waals surface area contributed by atoms with Crippen LogP contribution in [0.1, 0.15) is 27.9 Å². The first-order valence-corrected chi connectivity index (χ1v) is 11.0. The van der Waals surface area contributed by atoms with Gasteiger partial charge in [-0.3, -0.25) is 9.36 Å². The van der Waals surface area contributed by atoms with Crippen LogP contribution in [0.5, 0.6) is 5.75 Å². The van der Waals surface area contributed by atoms with E-state index in [4.69, 9.17) is 9.47 Å². The van der Waals surface area contributed by atoms with Crippen LogP contribution in [0.25, 0.3) is 20.8 Å². The molecular formula is C21H19N3O4S2. The first kappa shape index (κ1) is 20.2. The number of ether oxygens (including phenoxy) is 2. The molecule has 0 fully saturated rings. The van der Waals surface area contributed by atoms with Crippen molar-refractivity contribution in [1.29, 1.82) is 0 Å². The Hall–Kier alpha value is -3.04. The van der Waals surface area contributed by atoms with Crippen LogP contribution in [0.15, 0.2) is 40.8 Å². The Morgan fingerprint density at radius 2 is 2.13 bits per heavy atom. The molecule has 0 N–H and O–H groups in total. The summed E-state index contributed by atoms with van der Waals surface area (Å²) in [5.41, 5.74) is 2.13. The zero-order valence-electron chi connectivity index (χ0n) is 16.7. The number of aryl methyl sites for hydroxylation is 1. The van der Waals surface area contributed by atoms with Crippen LogP contribution in [0.2, 0.25) is 0 Å². The van der Waals surface area contributed by atoms with E-state index in [1.807, 2.05) is 29.6 Å². The van der Waals surface area contributed by atoms with Crippen molar-refractivity contribution in [3.8, 4) is 16.3 Å². The van der Waals surface area contributed by atoms with Gasteiger partial charge in [-0.05, 0) is 31.5 Å². The van der Waals surface area contributed by atoms with Crippen molar-refractivity contribution in [2.45, 2.75) is 20.4 Å². The lowest BCUT2D eigenvalue weighted by atomic mass is 10.2. The van der Waals surface area contributed by atoms with Crippen molar-refractivity contribution in [2.75, 3.05) is 13.7 Å². The topological polar surface area (TPSA) is 83.3 Å². The summed E-state index contributed by atoms with van der Waals surface area (Å²) in [6.45, 7) is 4.08. The lowest BCUT2D eigenvalue weighted by Crippen LogP contribution is -2.21. The number of nitrogens with zero attached hydrogens (tertiary/aromatic N) is 3. The molecule has 0 atom stereocenters. The summed E-state index contributed by atoms with van der Waals surface area (Å²) in [5, 5.41) is 3.23. The molecule has 0 spiro atoms. The summed E-state index contributed by atoms with van der Waals surface area (Å²) < 4.78 is 11.9. The molecule has 0 aliphatic rings. The second-order valence-electron chi connectivity index (χ2n) is 6.51. The average molecular weight is 442 g/mol. The van der Waals surface area contributed by atoms with E-state index in [9.17, 15) is 9.59 Å². The maximum Gasteiger partial charge on any atom is 0.348 e. The van der Waals surface area contributed by atoms with E-state index < -0.39 is 5.97 Å². The number of hydrogen-bond acceptors (Lipinski definition) is 8. The van der Waals surface area contributed by atoms with E-state index >= 15 is 0 Å². The molecule has 9 heteroatoms. The highest BCUT2D eigenvalue weighted by Gasteiger charge is 2.20. The average Bonchev–Trinajstić information content (AvgIpc) is 3.35. The highest BCUT2D eigenvalue weighted by Crippen LogP contribution is 2.29. The standard InChI is InChI=1S/C21H19N3O4S2/c1-4-28-21(26)17-12(2)16-19(30-17)22-11-24(20(16)25)9-14-10-29-18(23-14)13-6-5-7-15(8-13)27-3/h5-8,10-11H,4,9H2,1-3H3. The Bertz CT molecular complexity index is 1290. The van der Waals surface area contributed by atoms with Crippen molar-refractivity contribution >= 4 is 38.9 Å². The van der Waals surface area contributed by atoms with Gasteiger partial charge in [0.1, 0.15) is 20.5 Å². The van der Waals surface area contributed by atoms with Crippen LogP contribution in [0.3, 0.4) is 0 Å². The van der Waals surface area contributed by atoms with Crippen LogP contribution in [-0.4, -0.2) is 34.2 Å². The van der Waals surface area contributed by atoms with E-state index in [0.717, 1.165) is 22.0 Å². The summed E-state index contributed by atoms with van der Waals surface area (Å²) in [5.74, 6) is 0.340. The van der Waals surface area contributed by atoms with Gasteiger partial charge in [0.25, 0.3) is 5.56 Å². The number of aromatic nitrogens is 3. The molecule has 0 bridgehead atoms. The van der Waals surface area contributed by atoms with Crippen molar-refractivity contribution in [2.24, 2.45) is 0 Å². The van der Waals surface area contributed by atoms with Gasteiger partial charge in [0.15, 0.2) is 0 Å². The summed E-state index contributed by atoms with van der Waals surface area (Å²) in [7, 11) is 1.63. The van der Waals surface area contributed by atoms with Crippen LogP contribution in [0.4, 0.5) is 0 Å². The van der Waals surface area contributed by atoms with Gasteiger partial charge in [0, 0.05) is 10.9 Å². The smallest absolute Gasteiger partial charge is 0.348 e. The maximum absolute atomic E-state index is 13.0. The quantitative estimate of drug-likeness (QED) is 0.419. The lowest BCUT2D eigenvalue weighted by Gasteiger charge is -2.04. The van der Waals surface area contributed by atoms with Gasteiger partial charge < -0.3 is 9.47 Å². The first-order chi connectivity index (χ1) is 14.5. The fourth-order valence-corrected chi connectivity index (χ4v) is 4.95. The van der Waals surface area contributed by atoms with Gasteiger partial charge in [-0.15, -0.1) is 22.7 Å². The third-order valence-electron chi connectivity index (χ3n) is 4.58. The molecule has 0 aliphatic carbocycles. The minimum absolute atomic E-state index is 0.194. The maximum atomic E-state index is 13.0. The molecule has 0 radical (unpaired) electrons. The fraction of sp³-hybridized carbons (Fsp3) is 0.238. The molecule has 154 valence electrons. The third-order valence-corrected chi connectivity index (χ3v) is 6.70. The summed E-state index contributed by atoms with van der Waals surface area (Å²) in [4.78, 5) is 35.2. The Labute approximate surface area is 180 Å². The van der Waals surface area contributed by atoms with Crippen molar-refractivity contribution < 1.29 is 14.3 Å². The molecule has 0 saturated carbocycles. The normalized spacial score (nSPS) is 11.0. The number of thiazole rings is 1. The second kappa shape index (κ2) is 8.37. The van der Waals surface area contributed by atoms with Gasteiger partial charge in [0.2, 0.25) is 0 Å². The van der Waals surface area contributed by atoms with Crippen molar-refractivity contribution in [3.05, 3.63) is 62.5 Å². The van der Waals surface area contributed by atoms with E-state index in [1.165, 1.54) is 33.6 Å². The minimum atomic E-state index is -0.425. The van der Waals surface area contributed by atoms with Gasteiger partial charge in [-0.2, -0.15) is 0 Å². The highest BCUT2D eigenvalue weighted by molar-refractivity contribution is 7.20. The zero-order valence-corrected chi connectivity index (χ0v) is 18.3. The Kier molecular flexibility index (Phi) is 5.65. The van der Waals surface area contributed by atoms with Crippen LogP contribution < -0.4 is 10.3 Å². The monoisotopic (exact) mass is 441 g/mol. The molecule has 1 aromatic carbocycles. The van der Waals surface area contributed by atoms with Crippen molar-refractivity contribution in [3.63, 3.8) is 0 Å². The van der Waals surface area contributed by atoms with Crippen molar-refractivity contribution in [1.82, 2.24) is 14.5 Å². The van der Waals surface area contributed by atoms with E-state index in [1.54, 1.807) is 21.0 Å². The molecule has 7 nitrogen and oxygen atoms in total. The minimum Gasteiger partial charge on any atom is -0.497 e. The lowest BCUT2D eigenvalue weighted by molar-refractivity contribution is 0.0531. The summed E-state index contributed by atoms with van der Waals surface area (Å²) >= 11 is 2.69.